The molecule has 0 fully saturated rings. The quantitative estimate of drug-likeness (QED) is 0.419. The van der Waals surface area contributed by atoms with Crippen molar-refractivity contribution in [3.8, 4) is 0 Å². The number of carbonyl (C=O) groups is 2. The van der Waals surface area contributed by atoms with Crippen LogP contribution in [0.1, 0.15) is 20.8 Å². The molecule has 0 aromatic carbocycles. The topological polar surface area (TPSA) is 106 Å². The summed E-state index contributed by atoms with van der Waals surface area (Å²) < 4.78 is 0. The van der Waals surface area contributed by atoms with E-state index >= 15 is 0 Å². The number of azide groups is 1. The molecule has 0 aromatic heterocycles. The lowest BCUT2D eigenvalue weighted by Gasteiger charge is -2.30. The SMILES string of the molecule is CC(=O)N(C(C)C)C(CN=[N+]=[N-])C(=O)O. The Bertz CT molecular complexity index is 296. The summed E-state index contributed by atoms with van der Waals surface area (Å²) in [6.07, 6.45) is 0. The van der Waals surface area contributed by atoms with Crippen LogP contribution in [0.15, 0.2) is 5.11 Å². The standard InChI is InChI=1S/C8H14N4O3/c1-5(2)12(6(3)13)7(8(14)15)4-10-11-9/h5,7H,4H2,1-3H3,(H,14,15). The number of carboxylic acids is 1. The van der Waals surface area contributed by atoms with Gasteiger partial charge in [0.15, 0.2) is 0 Å². The van der Waals surface area contributed by atoms with Crippen molar-refractivity contribution >= 4 is 11.9 Å². The fourth-order valence-corrected chi connectivity index (χ4v) is 1.34. The maximum absolute atomic E-state index is 11.2. The second-order valence-corrected chi connectivity index (χ2v) is 3.29. The number of carbonyl (C=O) groups excluding carboxylic acids is 1. The van der Waals surface area contributed by atoms with Gasteiger partial charge in [-0.05, 0) is 19.4 Å². The van der Waals surface area contributed by atoms with Gasteiger partial charge in [0.25, 0.3) is 0 Å². The van der Waals surface area contributed by atoms with Gasteiger partial charge in [-0.1, -0.05) is 5.11 Å². The van der Waals surface area contributed by atoms with E-state index in [2.05, 4.69) is 10.0 Å². The summed E-state index contributed by atoms with van der Waals surface area (Å²) in [5.41, 5.74) is 8.12. The third-order valence-electron chi connectivity index (χ3n) is 1.86. The Morgan fingerprint density at radius 2 is 2.07 bits per heavy atom. The third-order valence-corrected chi connectivity index (χ3v) is 1.86. The van der Waals surface area contributed by atoms with Gasteiger partial charge >= 0.3 is 5.97 Å². The van der Waals surface area contributed by atoms with Crippen molar-refractivity contribution < 1.29 is 14.7 Å². The predicted octanol–water partition coefficient (Wildman–Crippen LogP) is 1.01. The molecule has 0 radical (unpaired) electrons. The van der Waals surface area contributed by atoms with Gasteiger partial charge in [0.1, 0.15) is 6.04 Å². The molecular formula is C8H14N4O3. The van der Waals surface area contributed by atoms with Gasteiger partial charge in [-0.3, -0.25) is 4.79 Å². The van der Waals surface area contributed by atoms with Crippen molar-refractivity contribution in [3.63, 3.8) is 0 Å². The first-order valence-corrected chi connectivity index (χ1v) is 4.44. The summed E-state index contributed by atoms with van der Waals surface area (Å²) in [6.45, 7) is 4.43. The molecule has 15 heavy (non-hydrogen) atoms. The van der Waals surface area contributed by atoms with E-state index in [9.17, 15) is 9.59 Å². The van der Waals surface area contributed by atoms with E-state index in [1.165, 1.54) is 11.8 Å². The fraction of sp³-hybridized carbons (Fsp3) is 0.750. The number of carboxylic acid groups (broad SMARTS) is 1. The molecule has 0 aromatic rings. The molecule has 0 aliphatic carbocycles. The molecule has 0 saturated carbocycles. The molecule has 0 spiro atoms. The average molecular weight is 214 g/mol. The van der Waals surface area contributed by atoms with Crippen LogP contribution >= 0.6 is 0 Å². The van der Waals surface area contributed by atoms with Crippen molar-refractivity contribution in [2.75, 3.05) is 6.54 Å². The van der Waals surface area contributed by atoms with Crippen molar-refractivity contribution in [3.05, 3.63) is 10.4 Å². The van der Waals surface area contributed by atoms with Gasteiger partial charge < -0.3 is 10.0 Å². The smallest absolute Gasteiger partial charge is 0.326 e. The maximum Gasteiger partial charge on any atom is 0.326 e. The van der Waals surface area contributed by atoms with Crippen LogP contribution in [0.2, 0.25) is 0 Å². The molecule has 0 rings (SSSR count). The summed E-state index contributed by atoms with van der Waals surface area (Å²) in [4.78, 5) is 25.8. The Hall–Kier alpha value is -1.75. The average Bonchev–Trinajstić information content (AvgIpc) is 2.09. The van der Waals surface area contributed by atoms with Gasteiger partial charge in [-0.15, -0.1) is 0 Å². The van der Waals surface area contributed by atoms with Crippen molar-refractivity contribution in [1.82, 2.24) is 4.90 Å². The largest absolute Gasteiger partial charge is 0.480 e. The van der Waals surface area contributed by atoms with Crippen LogP contribution in [0, 0.1) is 0 Å². The molecule has 84 valence electrons. The lowest BCUT2D eigenvalue weighted by atomic mass is 10.2. The van der Waals surface area contributed by atoms with E-state index < -0.39 is 12.0 Å². The molecule has 1 amide bonds. The molecule has 0 aliphatic rings. The van der Waals surface area contributed by atoms with Gasteiger partial charge in [-0.25, -0.2) is 4.79 Å². The summed E-state index contributed by atoms with van der Waals surface area (Å²) in [5, 5.41) is 12.1. The van der Waals surface area contributed by atoms with Gasteiger partial charge in [0.05, 0.1) is 6.54 Å². The summed E-state index contributed by atoms with van der Waals surface area (Å²) in [6, 6.07) is -1.35. The molecular weight excluding hydrogens is 200 g/mol. The van der Waals surface area contributed by atoms with Gasteiger partial charge in [0.2, 0.25) is 5.91 Å². The van der Waals surface area contributed by atoms with E-state index in [0.29, 0.717) is 0 Å². The molecule has 0 saturated heterocycles. The molecule has 0 heterocycles. The number of hydrogen-bond donors (Lipinski definition) is 1. The summed E-state index contributed by atoms with van der Waals surface area (Å²) >= 11 is 0. The van der Waals surface area contributed by atoms with E-state index in [1.54, 1.807) is 13.8 Å². The first kappa shape index (κ1) is 13.2. The fourth-order valence-electron chi connectivity index (χ4n) is 1.34. The third kappa shape index (κ3) is 3.86. The molecule has 1 N–H and O–H groups in total. The zero-order valence-corrected chi connectivity index (χ0v) is 8.91. The van der Waals surface area contributed by atoms with Crippen molar-refractivity contribution in [2.45, 2.75) is 32.9 Å². The molecule has 0 bridgehead atoms. The minimum atomic E-state index is -1.17. The van der Waals surface area contributed by atoms with E-state index in [4.69, 9.17) is 10.6 Å². The van der Waals surface area contributed by atoms with Crippen molar-refractivity contribution in [1.29, 1.82) is 0 Å². The van der Waals surface area contributed by atoms with Crippen LogP contribution in [0.25, 0.3) is 10.4 Å². The molecule has 1 unspecified atom stereocenters. The second-order valence-electron chi connectivity index (χ2n) is 3.29. The Kier molecular flexibility index (Phi) is 5.19. The lowest BCUT2D eigenvalue weighted by Crippen LogP contribution is -2.49. The number of hydrogen-bond acceptors (Lipinski definition) is 3. The van der Waals surface area contributed by atoms with E-state index in [1.807, 2.05) is 0 Å². The minimum Gasteiger partial charge on any atom is -0.480 e. The summed E-state index contributed by atoms with van der Waals surface area (Å²) in [5.74, 6) is -1.53. The van der Waals surface area contributed by atoms with Crippen LogP contribution in [-0.4, -0.2) is 40.5 Å². The Morgan fingerprint density at radius 3 is 2.33 bits per heavy atom. The van der Waals surface area contributed by atoms with E-state index in [0.717, 1.165) is 0 Å². The highest BCUT2D eigenvalue weighted by molar-refractivity contribution is 5.82. The zero-order valence-electron chi connectivity index (χ0n) is 8.91. The monoisotopic (exact) mass is 214 g/mol. The Balaban J connectivity index is 4.91. The zero-order chi connectivity index (χ0) is 12.0. The number of nitrogens with zero attached hydrogens (tertiary/aromatic N) is 4. The molecule has 1 atom stereocenters. The highest BCUT2D eigenvalue weighted by Gasteiger charge is 2.28. The highest BCUT2D eigenvalue weighted by Crippen LogP contribution is 2.07. The lowest BCUT2D eigenvalue weighted by molar-refractivity contribution is -0.150. The van der Waals surface area contributed by atoms with Crippen LogP contribution in [0.4, 0.5) is 0 Å². The van der Waals surface area contributed by atoms with Crippen LogP contribution in [-0.2, 0) is 9.59 Å². The van der Waals surface area contributed by atoms with Gasteiger partial charge in [-0.2, -0.15) is 0 Å². The first-order valence-electron chi connectivity index (χ1n) is 4.44. The van der Waals surface area contributed by atoms with E-state index in [-0.39, 0.29) is 18.5 Å². The minimum absolute atomic E-state index is 0.252. The molecule has 7 heteroatoms. The van der Waals surface area contributed by atoms with Gasteiger partial charge in [0, 0.05) is 17.9 Å². The van der Waals surface area contributed by atoms with Crippen LogP contribution < -0.4 is 0 Å². The molecule has 7 nitrogen and oxygen atoms in total. The van der Waals surface area contributed by atoms with Crippen LogP contribution in [0.5, 0.6) is 0 Å². The highest BCUT2D eigenvalue weighted by atomic mass is 16.4. The summed E-state index contributed by atoms with van der Waals surface area (Å²) in [7, 11) is 0. The Morgan fingerprint density at radius 1 is 1.53 bits per heavy atom. The predicted molar refractivity (Wildman–Crippen MR) is 53.1 cm³/mol. The first-order chi connectivity index (χ1) is 6.91. The molecule has 0 aliphatic heterocycles. The maximum atomic E-state index is 11.2. The number of rotatable bonds is 5. The number of amides is 1. The number of aliphatic carboxylic acids is 1. The normalized spacial score (nSPS) is 11.7. The van der Waals surface area contributed by atoms with Crippen molar-refractivity contribution in [2.24, 2.45) is 5.11 Å². The Labute approximate surface area is 87.3 Å². The second kappa shape index (κ2) is 5.87. The van der Waals surface area contributed by atoms with Crippen LogP contribution in [0.3, 0.4) is 0 Å².